The van der Waals surface area contributed by atoms with E-state index in [1.54, 1.807) is 0 Å². The van der Waals surface area contributed by atoms with Gasteiger partial charge >= 0.3 is 12.1 Å². The van der Waals surface area contributed by atoms with Crippen LogP contribution in [0.5, 0.6) is 11.5 Å². The van der Waals surface area contributed by atoms with Crippen LogP contribution in [0.3, 0.4) is 0 Å². The summed E-state index contributed by atoms with van der Waals surface area (Å²) in [6.45, 7) is -0.0808. The molecule has 1 N–H and O–H groups in total. The van der Waals surface area contributed by atoms with Crippen LogP contribution >= 0.6 is 0 Å². The first kappa shape index (κ1) is 11.6. The van der Waals surface area contributed by atoms with Crippen LogP contribution < -0.4 is 9.47 Å². The summed E-state index contributed by atoms with van der Waals surface area (Å²) < 4.78 is 47.5. The number of hydrogen-bond acceptors (Lipinski definition) is 3. The van der Waals surface area contributed by atoms with Crippen molar-refractivity contribution in [3.63, 3.8) is 0 Å². The largest absolute Gasteiger partial charge is 0.481 e. The topological polar surface area (TPSA) is 55.8 Å². The fraction of sp³-hybridized carbons (Fsp3) is 0.300. The number of ether oxygens (including phenoxy) is 2. The average molecular weight is 248 g/mol. The minimum Gasteiger partial charge on any atom is -0.481 e. The monoisotopic (exact) mass is 248 g/mol. The van der Waals surface area contributed by atoms with Gasteiger partial charge in [-0.15, -0.1) is 0 Å². The molecule has 92 valence electrons. The molecule has 1 atom stereocenters. The zero-order valence-corrected chi connectivity index (χ0v) is 8.32. The third-order valence-corrected chi connectivity index (χ3v) is 2.30. The van der Waals surface area contributed by atoms with Crippen LogP contribution in [0.2, 0.25) is 0 Å². The molecule has 7 heteroatoms. The molecule has 1 heterocycles. The highest BCUT2D eigenvalue weighted by Gasteiger charge is 2.46. The molecule has 0 spiro atoms. The summed E-state index contributed by atoms with van der Waals surface area (Å²) >= 11 is 0. The fourth-order valence-electron chi connectivity index (χ4n) is 1.56. The number of carbonyl (C=O) groups is 1. The highest BCUT2D eigenvalue weighted by atomic mass is 19.4. The Bertz CT molecular complexity index is 455. The maximum absolute atomic E-state index is 12.6. The van der Waals surface area contributed by atoms with Crippen LogP contribution in [-0.4, -0.2) is 24.0 Å². The SMILES string of the molecule is O=C(O)C(c1ccc2c(c1)OCO2)C(F)(F)F. The van der Waals surface area contributed by atoms with Crippen molar-refractivity contribution in [2.24, 2.45) is 0 Å². The Morgan fingerprint density at radius 2 is 1.94 bits per heavy atom. The summed E-state index contributed by atoms with van der Waals surface area (Å²) in [5.74, 6) is -4.08. The summed E-state index contributed by atoms with van der Waals surface area (Å²) in [6.07, 6.45) is -4.85. The number of hydrogen-bond donors (Lipinski definition) is 1. The first-order valence-corrected chi connectivity index (χ1v) is 4.58. The number of benzene rings is 1. The molecule has 0 fully saturated rings. The molecule has 0 bridgehead atoms. The van der Waals surface area contributed by atoms with Gasteiger partial charge in [0.25, 0.3) is 0 Å². The van der Waals surface area contributed by atoms with Gasteiger partial charge in [0.05, 0.1) is 0 Å². The molecular weight excluding hydrogens is 241 g/mol. The van der Waals surface area contributed by atoms with Gasteiger partial charge in [-0.25, -0.2) is 0 Å². The third kappa shape index (κ3) is 2.13. The average Bonchev–Trinajstić information content (AvgIpc) is 2.61. The van der Waals surface area contributed by atoms with E-state index in [0.29, 0.717) is 5.75 Å². The Balaban J connectivity index is 2.41. The maximum atomic E-state index is 12.6. The van der Waals surface area contributed by atoms with Gasteiger partial charge in [-0.2, -0.15) is 13.2 Å². The molecule has 2 rings (SSSR count). The Morgan fingerprint density at radius 3 is 2.53 bits per heavy atom. The van der Waals surface area contributed by atoms with Crippen molar-refractivity contribution in [2.75, 3.05) is 6.79 Å². The number of halogens is 3. The van der Waals surface area contributed by atoms with Gasteiger partial charge in [0.15, 0.2) is 17.4 Å². The third-order valence-electron chi connectivity index (χ3n) is 2.30. The Hall–Kier alpha value is -1.92. The fourth-order valence-corrected chi connectivity index (χ4v) is 1.56. The Labute approximate surface area is 93.6 Å². The smallest absolute Gasteiger partial charge is 0.406 e. The van der Waals surface area contributed by atoms with Gasteiger partial charge in [0.1, 0.15) is 0 Å². The molecule has 0 saturated carbocycles. The number of alkyl halides is 3. The molecule has 0 amide bonds. The predicted octanol–water partition coefficient (Wildman–Crippen LogP) is 2.15. The highest BCUT2D eigenvalue weighted by Crippen LogP contribution is 2.40. The van der Waals surface area contributed by atoms with Gasteiger partial charge in [-0.05, 0) is 17.7 Å². The number of rotatable bonds is 2. The van der Waals surface area contributed by atoms with E-state index in [9.17, 15) is 18.0 Å². The lowest BCUT2D eigenvalue weighted by Crippen LogP contribution is -2.28. The second-order valence-electron chi connectivity index (χ2n) is 3.43. The molecule has 1 aromatic carbocycles. The summed E-state index contributed by atoms with van der Waals surface area (Å²) in [4.78, 5) is 10.7. The second kappa shape index (κ2) is 3.83. The second-order valence-corrected chi connectivity index (χ2v) is 3.43. The molecule has 1 unspecified atom stereocenters. The summed E-state index contributed by atoms with van der Waals surface area (Å²) in [5.41, 5.74) is -0.380. The first-order valence-electron chi connectivity index (χ1n) is 4.58. The Kier molecular flexibility index (Phi) is 2.60. The molecule has 0 aliphatic carbocycles. The molecule has 1 aliphatic rings. The van der Waals surface area contributed by atoms with Gasteiger partial charge in [-0.1, -0.05) is 6.07 Å². The standard InChI is InChI=1S/C10H7F3O4/c11-10(12,13)8(9(14)15)5-1-2-6-7(3-5)17-4-16-6/h1-3,8H,4H2,(H,14,15). The van der Waals surface area contributed by atoms with E-state index in [1.165, 1.54) is 6.07 Å². The predicted molar refractivity (Wildman–Crippen MR) is 49.0 cm³/mol. The van der Waals surface area contributed by atoms with Crippen molar-refractivity contribution in [1.29, 1.82) is 0 Å². The quantitative estimate of drug-likeness (QED) is 0.871. The number of fused-ring (bicyclic) bond motifs is 1. The molecule has 0 aromatic heterocycles. The van der Waals surface area contributed by atoms with Crippen LogP contribution in [-0.2, 0) is 4.79 Å². The maximum Gasteiger partial charge on any atom is 0.406 e. The lowest BCUT2D eigenvalue weighted by Gasteiger charge is -2.16. The van der Waals surface area contributed by atoms with E-state index in [0.717, 1.165) is 12.1 Å². The van der Waals surface area contributed by atoms with E-state index < -0.39 is 18.1 Å². The first-order chi connectivity index (χ1) is 7.89. The molecule has 1 aliphatic heterocycles. The van der Waals surface area contributed by atoms with Crippen LogP contribution in [0.25, 0.3) is 0 Å². The molecule has 17 heavy (non-hydrogen) atoms. The van der Waals surface area contributed by atoms with Crippen LogP contribution in [0, 0.1) is 0 Å². The van der Waals surface area contributed by atoms with E-state index in [4.69, 9.17) is 14.6 Å². The molecule has 0 radical (unpaired) electrons. The van der Waals surface area contributed by atoms with Gasteiger partial charge in [0.2, 0.25) is 6.79 Å². The van der Waals surface area contributed by atoms with E-state index in [2.05, 4.69) is 0 Å². The van der Waals surface area contributed by atoms with E-state index in [1.807, 2.05) is 0 Å². The number of aliphatic carboxylic acids is 1. The lowest BCUT2D eigenvalue weighted by atomic mass is 9.98. The van der Waals surface area contributed by atoms with Gasteiger partial charge in [0, 0.05) is 0 Å². The van der Waals surface area contributed by atoms with E-state index in [-0.39, 0.29) is 18.1 Å². The van der Waals surface area contributed by atoms with Gasteiger partial charge < -0.3 is 14.6 Å². The minimum atomic E-state index is -4.85. The zero-order chi connectivity index (χ0) is 12.6. The van der Waals surface area contributed by atoms with Crippen LogP contribution in [0.4, 0.5) is 13.2 Å². The molecular formula is C10H7F3O4. The van der Waals surface area contributed by atoms with Crippen molar-refractivity contribution in [2.45, 2.75) is 12.1 Å². The molecule has 0 saturated heterocycles. The number of carboxylic acid groups (broad SMARTS) is 1. The molecule has 1 aromatic rings. The van der Waals surface area contributed by atoms with E-state index >= 15 is 0 Å². The molecule has 4 nitrogen and oxygen atoms in total. The van der Waals surface area contributed by atoms with Crippen molar-refractivity contribution in [3.05, 3.63) is 23.8 Å². The number of carboxylic acids is 1. The van der Waals surface area contributed by atoms with Gasteiger partial charge in [-0.3, -0.25) is 4.79 Å². The normalized spacial score (nSPS) is 15.7. The minimum absolute atomic E-state index is 0.0808. The van der Waals surface area contributed by atoms with Crippen molar-refractivity contribution >= 4 is 5.97 Å². The zero-order valence-electron chi connectivity index (χ0n) is 8.32. The van der Waals surface area contributed by atoms with Crippen molar-refractivity contribution in [1.82, 2.24) is 0 Å². The lowest BCUT2D eigenvalue weighted by molar-refractivity contribution is -0.176. The highest BCUT2D eigenvalue weighted by molar-refractivity contribution is 5.77. The summed E-state index contributed by atoms with van der Waals surface area (Å²) in [7, 11) is 0. The van der Waals surface area contributed by atoms with Crippen LogP contribution in [0.1, 0.15) is 11.5 Å². The summed E-state index contributed by atoms with van der Waals surface area (Å²) in [5, 5.41) is 8.62. The van der Waals surface area contributed by atoms with Crippen LogP contribution in [0.15, 0.2) is 18.2 Å². The summed E-state index contributed by atoms with van der Waals surface area (Å²) in [6, 6.07) is 3.37. The van der Waals surface area contributed by atoms with Crippen molar-refractivity contribution < 1.29 is 32.5 Å². The van der Waals surface area contributed by atoms with Crippen molar-refractivity contribution in [3.8, 4) is 11.5 Å². The Morgan fingerprint density at radius 1 is 1.29 bits per heavy atom.